The molecule has 7 nitrogen and oxygen atoms in total. The fourth-order valence-corrected chi connectivity index (χ4v) is 6.97. The molecule has 0 fully saturated rings. The SMILES string of the molecule is CCCCCCCCCCCCCCCCC/C=C/CCCCC[N+](C(CC)C(=O)O)(C(CC)C(=O)O)C(CC)C(=O)O. The number of hydrogen-bond acceptors (Lipinski definition) is 3. The predicted molar refractivity (Wildman–Crippen MR) is 177 cm³/mol. The van der Waals surface area contributed by atoms with Crippen LogP contribution in [-0.4, -0.2) is 62.4 Å². The van der Waals surface area contributed by atoms with Gasteiger partial charge in [-0.2, -0.15) is 0 Å². The van der Waals surface area contributed by atoms with Crippen LogP contribution in [0.25, 0.3) is 0 Å². The molecule has 0 aromatic carbocycles. The maximum atomic E-state index is 12.3. The highest BCUT2D eigenvalue weighted by Gasteiger charge is 2.55. The molecule has 0 heterocycles. The Balaban J connectivity index is 4.35. The van der Waals surface area contributed by atoms with Crippen LogP contribution in [0.5, 0.6) is 0 Å². The highest BCUT2D eigenvalue weighted by molar-refractivity contribution is 5.78. The Bertz CT molecular complexity index is 697. The zero-order valence-corrected chi connectivity index (χ0v) is 28.4. The van der Waals surface area contributed by atoms with Crippen molar-refractivity contribution < 1.29 is 34.2 Å². The number of unbranched alkanes of at least 4 members (excludes halogenated alkanes) is 18. The van der Waals surface area contributed by atoms with Crippen LogP contribution in [0.2, 0.25) is 0 Å². The third-order valence-electron chi connectivity index (χ3n) is 9.31. The number of hydrogen-bond donors (Lipinski definition) is 3. The number of nitrogens with zero attached hydrogens (tertiary/aromatic N) is 1. The van der Waals surface area contributed by atoms with Gasteiger partial charge in [0.1, 0.15) is 0 Å². The van der Waals surface area contributed by atoms with Crippen molar-refractivity contribution in [2.45, 2.75) is 193 Å². The van der Waals surface area contributed by atoms with Crippen LogP contribution in [0.15, 0.2) is 12.2 Å². The van der Waals surface area contributed by atoms with Crippen molar-refractivity contribution in [2.24, 2.45) is 0 Å². The molecule has 0 saturated heterocycles. The molecule has 0 aromatic heterocycles. The van der Waals surface area contributed by atoms with Gasteiger partial charge in [-0.1, -0.05) is 130 Å². The van der Waals surface area contributed by atoms with E-state index in [1.165, 1.54) is 96.3 Å². The molecule has 3 unspecified atom stereocenters. The smallest absolute Gasteiger partial charge is 0.362 e. The quantitative estimate of drug-likeness (QED) is 0.0409. The number of quaternary nitrogens is 1. The molecule has 3 N–H and O–H groups in total. The summed E-state index contributed by atoms with van der Waals surface area (Å²) >= 11 is 0. The van der Waals surface area contributed by atoms with Gasteiger partial charge in [-0.3, -0.25) is 4.48 Å². The second kappa shape index (κ2) is 26.5. The molecule has 0 spiro atoms. The van der Waals surface area contributed by atoms with E-state index >= 15 is 0 Å². The van der Waals surface area contributed by atoms with Gasteiger partial charge in [0.05, 0.1) is 6.54 Å². The number of carboxylic acids is 3. The van der Waals surface area contributed by atoms with Gasteiger partial charge in [0.25, 0.3) is 0 Å². The molecule has 3 atom stereocenters. The third-order valence-corrected chi connectivity index (χ3v) is 9.31. The van der Waals surface area contributed by atoms with Crippen LogP contribution >= 0.6 is 0 Å². The van der Waals surface area contributed by atoms with Gasteiger partial charge in [-0.15, -0.1) is 0 Å². The first-order valence-electron chi connectivity index (χ1n) is 17.9. The summed E-state index contributed by atoms with van der Waals surface area (Å²) in [7, 11) is 0. The number of carboxylic acid groups (broad SMARTS) is 3. The van der Waals surface area contributed by atoms with Gasteiger partial charge in [0.15, 0.2) is 18.1 Å². The molecule has 0 amide bonds. The summed E-state index contributed by atoms with van der Waals surface area (Å²) < 4.78 is -0.418. The van der Waals surface area contributed by atoms with Crippen LogP contribution < -0.4 is 0 Å². The molecule has 43 heavy (non-hydrogen) atoms. The standard InChI is InChI=1S/C36H67NO6/c1-5-9-10-11-12-13-14-15-16-17-18-19-20-21-22-23-24-25-26-27-28-29-30-37(31(6-2)34(38)39,32(7-3)35(40)41)33(8-4)36(42)43/h24-25,31-33H,5-23,26-30H2,1-4H3,(H2-,38,39,40,41,42,43)/p+1/b25-24+. The molecule has 0 aliphatic rings. The summed E-state index contributed by atoms with van der Waals surface area (Å²) in [5.74, 6) is -3.36. The number of aliphatic carboxylic acids is 3. The molecule has 0 radical (unpaired) electrons. The summed E-state index contributed by atoms with van der Waals surface area (Å²) in [6, 6.07) is -3.22. The fraction of sp³-hybridized carbons (Fsp3) is 0.861. The van der Waals surface area contributed by atoms with E-state index < -0.39 is 40.5 Å². The average molecular weight is 611 g/mol. The minimum absolute atomic E-state index is 0.185. The molecule has 0 bridgehead atoms. The zero-order chi connectivity index (χ0) is 32.3. The van der Waals surface area contributed by atoms with Gasteiger partial charge in [-0.25, -0.2) is 14.4 Å². The van der Waals surface area contributed by atoms with E-state index in [-0.39, 0.29) is 25.8 Å². The van der Waals surface area contributed by atoms with Crippen molar-refractivity contribution in [2.75, 3.05) is 6.54 Å². The summed E-state index contributed by atoms with van der Waals surface area (Å²) in [5, 5.41) is 30.1. The minimum atomic E-state index is -1.12. The van der Waals surface area contributed by atoms with Crippen molar-refractivity contribution in [3.8, 4) is 0 Å². The third kappa shape index (κ3) is 16.7. The van der Waals surface area contributed by atoms with Gasteiger partial charge in [0, 0.05) is 19.3 Å². The van der Waals surface area contributed by atoms with Crippen LogP contribution in [0.3, 0.4) is 0 Å². The molecule has 0 aromatic rings. The molecule has 7 heteroatoms. The zero-order valence-electron chi connectivity index (χ0n) is 28.4. The molecular formula is C36H68NO6+. The number of carbonyl (C=O) groups is 3. The lowest BCUT2D eigenvalue weighted by Gasteiger charge is -2.49. The van der Waals surface area contributed by atoms with Crippen LogP contribution in [0, 0.1) is 0 Å². The van der Waals surface area contributed by atoms with Crippen molar-refractivity contribution >= 4 is 17.9 Å². The summed E-state index contributed by atoms with van der Waals surface area (Å²) in [6.45, 7) is 7.63. The van der Waals surface area contributed by atoms with Crippen LogP contribution in [0.4, 0.5) is 0 Å². The number of rotatable bonds is 31. The Hall–Kier alpha value is -1.89. The molecule has 0 saturated carbocycles. The van der Waals surface area contributed by atoms with Gasteiger partial charge in [0.2, 0.25) is 0 Å². The van der Waals surface area contributed by atoms with E-state index in [4.69, 9.17) is 0 Å². The maximum Gasteiger partial charge on any atom is 0.362 e. The van der Waals surface area contributed by atoms with E-state index in [0.717, 1.165) is 25.7 Å². The Labute approximate surface area is 264 Å². The van der Waals surface area contributed by atoms with E-state index in [0.29, 0.717) is 6.42 Å². The van der Waals surface area contributed by atoms with Crippen molar-refractivity contribution in [3.63, 3.8) is 0 Å². The first-order valence-corrected chi connectivity index (χ1v) is 17.9. The summed E-state index contributed by atoms with van der Waals surface area (Å²) in [4.78, 5) is 36.8. The highest BCUT2D eigenvalue weighted by Crippen LogP contribution is 2.32. The molecule has 0 rings (SSSR count). The monoisotopic (exact) mass is 611 g/mol. The first-order chi connectivity index (χ1) is 20.7. The Morgan fingerprint density at radius 2 is 0.744 bits per heavy atom. The second-order valence-electron chi connectivity index (χ2n) is 12.6. The topological polar surface area (TPSA) is 112 Å². The van der Waals surface area contributed by atoms with E-state index in [9.17, 15) is 29.7 Å². The Kier molecular flexibility index (Phi) is 25.3. The lowest BCUT2D eigenvalue weighted by molar-refractivity contribution is -0.973. The lowest BCUT2D eigenvalue weighted by atomic mass is 9.94. The second-order valence-corrected chi connectivity index (χ2v) is 12.6. The molecule has 0 aliphatic heterocycles. The van der Waals surface area contributed by atoms with Gasteiger partial charge in [-0.05, 0) is 38.5 Å². The highest BCUT2D eigenvalue weighted by atomic mass is 16.4. The average Bonchev–Trinajstić information content (AvgIpc) is 2.96. The fourth-order valence-electron chi connectivity index (χ4n) is 6.97. The van der Waals surface area contributed by atoms with E-state index in [1.54, 1.807) is 20.8 Å². The first kappa shape index (κ1) is 41.1. The molecule has 252 valence electrons. The van der Waals surface area contributed by atoms with E-state index in [2.05, 4.69) is 19.1 Å². The number of allylic oxidation sites excluding steroid dienone is 2. The molecule has 0 aliphatic carbocycles. The largest absolute Gasteiger partial charge is 0.477 e. The van der Waals surface area contributed by atoms with Crippen molar-refractivity contribution in [1.82, 2.24) is 0 Å². The summed E-state index contributed by atoms with van der Waals surface area (Å²) in [5.41, 5.74) is 0. The normalized spacial score (nSPS) is 15.3. The predicted octanol–water partition coefficient (Wildman–Crippen LogP) is 9.77. The van der Waals surface area contributed by atoms with Crippen LogP contribution in [-0.2, 0) is 14.4 Å². The summed E-state index contributed by atoms with van der Waals surface area (Å²) in [6.07, 6.45) is 30.0. The Morgan fingerprint density at radius 3 is 1.02 bits per heavy atom. The maximum absolute atomic E-state index is 12.3. The van der Waals surface area contributed by atoms with Gasteiger partial charge >= 0.3 is 17.9 Å². The van der Waals surface area contributed by atoms with Crippen molar-refractivity contribution in [1.29, 1.82) is 0 Å². The van der Waals surface area contributed by atoms with Crippen molar-refractivity contribution in [3.05, 3.63) is 12.2 Å². The Morgan fingerprint density at radius 1 is 0.465 bits per heavy atom. The van der Waals surface area contributed by atoms with Crippen LogP contribution in [0.1, 0.15) is 175 Å². The van der Waals surface area contributed by atoms with Gasteiger partial charge < -0.3 is 15.3 Å². The molecular weight excluding hydrogens is 542 g/mol. The minimum Gasteiger partial charge on any atom is -0.477 e. The van der Waals surface area contributed by atoms with E-state index in [1.807, 2.05) is 0 Å². The lowest BCUT2D eigenvalue weighted by Crippen LogP contribution is -2.72.